The van der Waals surface area contributed by atoms with E-state index in [1.807, 2.05) is 54.4 Å². The highest BCUT2D eigenvalue weighted by Gasteiger charge is 2.14. The number of hydrogen-bond donors (Lipinski definition) is 0. The summed E-state index contributed by atoms with van der Waals surface area (Å²) in [5.74, 6) is 0.758. The summed E-state index contributed by atoms with van der Waals surface area (Å²) in [6, 6.07) is 13.3. The van der Waals surface area contributed by atoms with Crippen LogP contribution in [-0.2, 0) is 13.1 Å². The van der Waals surface area contributed by atoms with Crippen LogP contribution >= 0.6 is 27.5 Å². The van der Waals surface area contributed by atoms with Crippen molar-refractivity contribution in [1.82, 2.24) is 9.78 Å². The van der Waals surface area contributed by atoms with Gasteiger partial charge in [0.05, 0.1) is 25.0 Å². The molecule has 1 aromatic carbocycles. The van der Waals surface area contributed by atoms with Gasteiger partial charge in [0.2, 0.25) is 0 Å². The minimum absolute atomic E-state index is 0.147. The van der Waals surface area contributed by atoms with Crippen LogP contribution in [0.5, 0.6) is 0 Å². The third-order valence-electron chi connectivity index (χ3n) is 3.57. The van der Waals surface area contributed by atoms with E-state index in [0.717, 1.165) is 11.3 Å². The van der Waals surface area contributed by atoms with E-state index in [-0.39, 0.29) is 10.6 Å². The van der Waals surface area contributed by atoms with Gasteiger partial charge in [-0.05, 0) is 33.6 Å². The minimum atomic E-state index is -0.314. The van der Waals surface area contributed by atoms with Gasteiger partial charge in [-0.25, -0.2) is 4.68 Å². The van der Waals surface area contributed by atoms with E-state index in [2.05, 4.69) is 21.0 Å². The number of nitrogens with zero attached hydrogens (tertiary/aromatic N) is 3. The molecule has 2 heterocycles. The Labute approximate surface area is 152 Å². The highest BCUT2D eigenvalue weighted by Crippen LogP contribution is 2.23. The normalized spacial score (nSPS) is 10.8. The zero-order chi connectivity index (χ0) is 17.1. The number of hydrogen-bond acceptors (Lipinski definition) is 4. The van der Waals surface area contributed by atoms with Crippen LogP contribution in [0.2, 0.25) is 5.02 Å². The fourth-order valence-corrected chi connectivity index (χ4v) is 2.98. The van der Waals surface area contributed by atoms with Crippen LogP contribution in [0.15, 0.2) is 62.5 Å². The van der Waals surface area contributed by atoms with E-state index in [9.17, 15) is 4.79 Å². The molecule has 0 amide bonds. The Hall–Kier alpha value is -2.05. The summed E-state index contributed by atoms with van der Waals surface area (Å²) in [4.78, 5) is 14.3. The van der Waals surface area contributed by atoms with Crippen molar-refractivity contribution in [2.24, 2.45) is 0 Å². The van der Waals surface area contributed by atoms with Crippen molar-refractivity contribution in [3.05, 3.63) is 80.0 Å². The molecule has 2 aromatic heterocycles. The van der Waals surface area contributed by atoms with Gasteiger partial charge in [-0.1, -0.05) is 41.9 Å². The van der Waals surface area contributed by atoms with Gasteiger partial charge in [-0.15, -0.1) is 0 Å². The quantitative estimate of drug-likeness (QED) is 0.642. The number of aromatic nitrogens is 2. The van der Waals surface area contributed by atoms with E-state index in [4.69, 9.17) is 16.0 Å². The third kappa shape index (κ3) is 3.71. The fourth-order valence-electron chi connectivity index (χ4n) is 2.35. The summed E-state index contributed by atoms with van der Waals surface area (Å²) in [6.45, 7) is 0.865. The maximum Gasteiger partial charge on any atom is 0.287 e. The molecule has 0 aliphatic carbocycles. The molecule has 3 aromatic rings. The summed E-state index contributed by atoms with van der Waals surface area (Å²) in [5.41, 5.74) is 1.24. The molecule has 0 spiro atoms. The first-order valence-electron chi connectivity index (χ1n) is 7.29. The number of anilines is 1. The molecule has 0 fully saturated rings. The number of furan rings is 1. The van der Waals surface area contributed by atoms with Crippen molar-refractivity contribution < 1.29 is 4.42 Å². The second kappa shape index (κ2) is 7.23. The molecule has 7 heteroatoms. The van der Waals surface area contributed by atoms with E-state index in [1.165, 1.54) is 4.68 Å². The average molecular weight is 409 g/mol. The van der Waals surface area contributed by atoms with E-state index < -0.39 is 0 Å². The summed E-state index contributed by atoms with van der Waals surface area (Å²) >= 11 is 9.54. The topological polar surface area (TPSA) is 51.3 Å². The van der Waals surface area contributed by atoms with Crippen LogP contribution in [0, 0.1) is 0 Å². The Morgan fingerprint density at radius 1 is 1.25 bits per heavy atom. The zero-order valence-electron chi connectivity index (χ0n) is 12.9. The standard InChI is InChI=1S/C17H15BrClN3O2/c1-21(11-13-7-8-15(18)24-13)14-9-20-22(17(23)16(14)19)10-12-5-3-2-4-6-12/h2-9H,10-11H2,1H3. The van der Waals surface area contributed by atoms with E-state index in [0.29, 0.717) is 23.4 Å². The minimum Gasteiger partial charge on any atom is -0.452 e. The molecule has 24 heavy (non-hydrogen) atoms. The van der Waals surface area contributed by atoms with Crippen molar-refractivity contribution in [3.63, 3.8) is 0 Å². The SMILES string of the molecule is CN(Cc1ccc(Br)o1)c1cnn(Cc2ccccc2)c(=O)c1Cl. The Bertz CT molecular complexity index is 892. The largest absolute Gasteiger partial charge is 0.452 e. The fraction of sp³-hybridized carbons (Fsp3) is 0.176. The lowest BCUT2D eigenvalue weighted by Crippen LogP contribution is -2.27. The van der Waals surface area contributed by atoms with Crippen molar-refractivity contribution in [2.75, 3.05) is 11.9 Å². The molecule has 0 N–H and O–H groups in total. The third-order valence-corrected chi connectivity index (χ3v) is 4.36. The monoisotopic (exact) mass is 407 g/mol. The van der Waals surface area contributed by atoms with Crippen molar-refractivity contribution in [2.45, 2.75) is 13.1 Å². The molecule has 0 unspecified atom stereocenters. The molecule has 0 radical (unpaired) electrons. The highest BCUT2D eigenvalue weighted by atomic mass is 79.9. The van der Waals surface area contributed by atoms with Gasteiger partial charge in [0.25, 0.3) is 5.56 Å². The molecule has 0 saturated heterocycles. The Balaban J connectivity index is 1.83. The van der Waals surface area contributed by atoms with Gasteiger partial charge < -0.3 is 9.32 Å². The molecule has 0 aliphatic rings. The highest BCUT2D eigenvalue weighted by molar-refractivity contribution is 9.10. The molecule has 5 nitrogen and oxygen atoms in total. The molecular weight excluding hydrogens is 394 g/mol. The lowest BCUT2D eigenvalue weighted by atomic mass is 10.2. The maximum atomic E-state index is 12.5. The number of benzene rings is 1. The average Bonchev–Trinajstić information content (AvgIpc) is 2.98. The van der Waals surface area contributed by atoms with Gasteiger partial charge in [0.1, 0.15) is 10.8 Å². The summed E-state index contributed by atoms with van der Waals surface area (Å²) in [7, 11) is 1.83. The first-order chi connectivity index (χ1) is 11.5. The van der Waals surface area contributed by atoms with Gasteiger partial charge in [0, 0.05) is 7.05 Å². The van der Waals surface area contributed by atoms with Gasteiger partial charge >= 0.3 is 0 Å². The van der Waals surface area contributed by atoms with E-state index in [1.54, 1.807) is 6.20 Å². The van der Waals surface area contributed by atoms with Gasteiger partial charge in [-0.2, -0.15) is 5.10 Å². The first-order valence-corrected chi connectivity index (χ1v) is 8.46. The lowest BCUT2D eigenvalue weighted by molar-refractivity contribution is 0.486. The molecule has 0 saturated carbocycles. The summed E-state index contributed by atoms with van der Waals surface area (Å²) < 4.78 is 7.50. The smallest absolute Gasteiger partial charge is 0.287 e. The molecule has 0 bridgehead atoms. The first kappa shape index (κ1) is 16.8. The van der Waals surface area contributed by atoms with Crippen LogP contribution in [0.3, 0.4) is 0 Å². The van der Waals surface area contributed by atoms with Gasteiger partial charge in [0.15, 0.2) is 4.67 Å². The summed E-state index contributed by atoms with van der Waals surface area (Å²) in [6.07, 6.45) is 1.60. The lowest BCUT2D eigenvalue weighted by Gasteiger charge is -2.19. The second-order valence-electron chi connectivity index (χ2n) is 5.35. The molecule has 0 atom stereocenters. The predicted molar refractivity (Wildman–Crippen MR) is 97.6 cm³/mol. The zero-order valence-corrected chi connectivity index (χ0v) is 15.3. The second-order valence-corrected chi connectivity index (χ2v) is 6.51. The maximum absolute atomic E-state index is 12.5. The van der Waals surface area contributed by atoms with Crippen molar-refractivity contribution >= 4 is 33.2 Å². The van der Waals surface area contributed by atoms with Gasteiger partial charge in [-0.3, -0.25) is 4.79 Å². The predicted octanol–water partition coefficient (Wildman–Crippen LogP) is 3.94. The molecule has 124 valence electrons. The Morgan fingerprint density at radius 3 is 2.67 bits per heavy atom. The molecule has 3 rings (SSSR count). The number of rotatable bonds is 5. The van der Waals surface area contributed by atoms with Crippen LogP contribution in [-0.4, -0.2) is 16.8 Å². The van der Waals surface area contributed by atoms with Crippen molar-refractivity contribution in [1.29, 1.82) is 0 Å². The Kier molecular flexibility index (Phi) is 5.06. The van der Waals surface area contributed by atoms with Crippen molar-refractivity contribution in [3.8, 4) is 0 Å². The Morgan fingerprint density at radius 2 is 2.00 bits per heavy atom. The van der Waals surface area contributed by atoms with Crippen LogP contribution in [0.25, 0.3) is 0 Å². The van der Waals surface area contributed by atoms with Crippen LogP contribution in [0.1, 0.15) is 11.3 Å². The van der Waals surface area contributed by atoms with E-state index >= 15 is 0 Å². The van der Waals surface area contributed by atoms with Crippen LogP contribution < -0.4 is 10.5 Å². The molecular formula is C17H15BrClN3O2. The molecule has 0 aliphatic heterocycles. The number of halogens is 2. The summed E-state index contributed by atoms with van der Waals surface area (Å²) in [5, 5.41) is 4.39. The van der Waals surface area contributed by atoms with Crippen LogP contribution in [0.4, 0.5) is 5.69 Å².